The summed E-state index contributed by atoms with van der Waals surface area (Å²) in [4.78, 5) is 1.43. The van der Waals surface area contributed by atoms with Crippen molar-refractivity contribution >= 4 is 0 Å². The maximum absolute atomic E-state index is 10.2. The lowest BCUT2D eigenvalue weighted by atomic mass is 10.1. The molecule has 1 aliphatic rings. The van der Waals surface area contributed by atoms with Crippen LogP contribution in [0.5, 0.6) is 0 Å². The van der Waals surface area contributed by atoms with E-state index < -0.39 is 6.10 Å². The van der Waals surface area contributed by atoms with Crippen molar-refractivity contribution in [2.75, 3.05) is 19.7 Å². The summed E-state index contributed by atoms with van der Waals surface area (Å²) in [5.74, 6) is 0. The SMILES string of the molecule is C[C@H]1c2cccn2CC[NH+]1C[C@H](O)COCc1ccccc1. The van der Waals surface area contributed by atoms with Gasteiger partial charge in [0, 0.05) is 6.20 Å². The number of hydrogen-bond donors (Lipinski definition) is 2. The van der Waals surface area contributed by atoms with Gasteiger partial charge in [0.25, 0.3) is 0 Å². The number of fused-ring (bicyclic) bond motifs is 1. The van der Waals surface area contributed by atoms with E-state index in [9.17, 15) is 5.11 Å². The summed E-state index contributed by atoms with van der Waals surface area (Å²) >= 11 is 0. The van der Waals surface area contributed by atoms with Gasteiger partial charge in [-0.2, -0.15) is 0 Å². The second-order valence-corrected chi connectivity index (χ2v) is 6.12. The first kappa shape index (κ1) is 15.3. The summed E-state index contributed by atoms with van der Waals surface area (Å²) in [6, 6.07) is 14.8. The predicted molar refractivity (Wildman–Crippen MR) is 85.6 cm³/mol. The predicted octanol–water partition coefficient (Wildman–Crippen LogP) is 1.03. The molecule has 0 radical (unpaired) electrons. The average molecular weight is 301 g/mol. The largest absolute Gasteiger partial charge is 0.385 e. The fourth-order valence-corrected chi connectivity index (χ4v) is 3.24. The molecule has 3 rings (SSSR count). The molecule has 3 atom stereocenters. The fraction of sp³-hybridized carbons (Fsp3) is 0.444. The normalized spacial score (nSPS) is 22.3. The van der Waals surface area contributed by atoms with Crippen LogP contribution in [0.3, 0.4) is 0 Å². The topological polar surface area (TPSA) is 38.8 Å². The molecule has 0 spiro atoms. The molecule has 1 aromatic heterocycles. The number of ether oxygens (including phenoxy) is 1. The van der Waals surface area contributed by atoms with Gasteiger partial charge in [-0.15, -0.1) is 0 Å². The first-order chi connectivity index (χ1) is 10.7. The van der Waals surface area contributed by atoms with Gasteiger partial charge in [-0.3, -0.25) is 0 Å². The van der Waals surface area contributed by atoms with Gasteiger partial charge in [0.05, 0.1) is 32.0 Å². The van der Waals surface area contributed by atoms with Gasteiger partial charge in [-0.1, -0.05) is 30.3 Å². The van der Waals surface area contributed by atoms with Crippen LogP contribution in [-0.4, -0.2) is 35.5 Å². The molecule has 4 heteroatoms. The Kier molecular flexibility index (Phi) is 4.93. The summed E-state index contributed by atoms with van der Waals surface area (Å²) in [6.45, 7) is 6.01. The lowest BCUT2D eigenvalue weighted by Gasteiger charge is -2.33. The molecule has 2 N–H and O–H groups in total. The molecule has 2 aromatic rings. The van der Waals surface area contributed by atoms with Crippen molar-refractivity contribution in [2.45, 2.75) is 32.2 Å². The van der Waals surface area contributed by atoms with Crippen molar-refractivity contribution in [3.8, 4) is 0 Å². The number of benzene rings is 1. The Morgan fingerprint density at radius 2 is 2.09 bits per heavy atom. The number of hydrogen-bond acceptors (Lipinski definition) is 2. The quantitative estimate of drug-likeness (QED) is 0.836. The Hall–Kier alpha value is -1.62. The van der Waals surface area contributed by atoms with Crippen molar-refractivity contribution in [1.82, 2.24) is 4.57 Å². The minimum absolute atomic E-state index is 0.395. The Labute approximate surface area is 131 Å². The second kappa shape index (κ2) is 7.09. The zero-order valence-electron chi connectivity index (χ0n) is 13.1. The monoisotopic (exact) mass is 301 g/mol. The van der Waals surface area contributed by atoms with E-state index in [1.54, 1.807) is 0 Å². The van der Waals surface area contributed by atoms with Gasteiger partial charge < -0.3 is 19.3 Å². The molecule has 0 aliphatic carbocycles. The highest BCUT2D eigenvalue weighted by atomic mass is 16.5. The third kappa shape index (κ3) is 3.58. The maximum atomic E-state index is 10.2. The Balaban J connectivity index is 1.45. The van der Waals surface area contributed by atoms with Gasteiger partial charge in [-0.25, -0.2) is 0 Å². The smallest absolute Gasteiger partial charge is 0.126 e. The van der Waals surface area contributed by atoms with Crippen molar-refractivity contribution < 1.29 is 14.7 Å². The van der Waals surface area contributed by atoms with Crippen molar-refractivity contribution in [2.24, 2.45) is 0 Å². The molecule has 0 fully saturated rings. The Morgan fingerprint density at radius 3 is 2.91 bits per heavy atom. The van der Waals surface area contributed by atoms with Crippen LogP contribution in [0.4, 0.5) is 0 Å². The number of nitrogens with zero attached hydrogens (tertiary/aromatic N) is 1. The second-order valence-electron chi connectivity index (χ2n) is 6.12. The molecule has 0 amide bonds. The van der Waals surface area contributed by atoms with Gasteiger partial charge in [0.2, 0.25) is 0 Å². The van der Waals surface area contributed by atoms with Crippen molar-refractivity contribution in [3.05, 3.63) is 59.9 Å². The molecule has 118 valence electrons. The fourth-order valence-electron chi connectivity index (χ4n) is 3.24. The molecular formula is C18H25N2O2+. The van der Waals surface area contributed by atoms with E-state index in [0.29, 0.717) is 19.3 Å². The van der Waals surface area contributed by atoms with Gasteiger partial charge in [0.1, 0.15) is 18.7 Å². The van der Waals surface area contributed by atoms with Crippen LogP contribution in [0.1, 0.15) is 24.2 Å². The summed E-state index contributed by atoms with van der Waals surface area (Å²) < 4.78 is 7.96. The minimum Gasteiger partial charge on any atom is -0.385 e. The van der Waals surface area contributed by atoms with Gasteiger partial charge in [-0.05, 0) is 24.6 Å². The molecule has 1 aliphatic heterocycles. The average Bonchev–Trinajstić information content (AvgIpc) is 3.01. The number of nitrogens with one attached hydrogen (secondary N) is 1. The highest BCUT2D eigenvalue weighted by molar-refractivity contribution is 5.13. The molecular weight excluding hydrogens is 276 g/mol. The van der Waals surface area contributed by atoms with Crippen molar-refractivity contribution in [1.29, 1.82) is 0 Å². The van der Waals surface area contributed by atoms with Crippen molar-refractivity contribution in [3.63, 3.8) is 0 Å². The number of quaternary nitrogens is 1. The van der Waals surface area contributed by atoms with Crippen LogP contribution in [0.15, 0.2) is 48.7 Å². The first-order valence-electron chi connectivity index (χ1n) is 8.03. The summed E-state index contributed by atoms with van der Waals surface area (Å²) in [5, 5.41) is 10.2. The third-order valence-electron chi connectivity index (χ3n) is 4.51. The molecule has 22 heavy (non-hydrogen) atoms. The van der Waals surface area contributed by atoms with E-state index in [-0.39, 0.29) is 0 Å². The lowest BCUT2D eigenvalue weighted by Crippen LogP contribution is -3.14. The third-order valence-corrected chi connectivity index (χ3v) is 4.51. The Morgan fingerprint density at radius 1 is 1.27 bits per heavy atom. The Bertz CT molecular complexity index is 582. The van der Waals surface area contributed by atoms with Crippen LogP contribution >= 0.6 is 0 Å². The van der Waals surface area contributed by atoms with Crippen LogP contribution in [0.25, 0.3) is 0 Å². The molecule has 0 saturated heterocycles. The van der Waals surface area contributed by atoms with Crippen LogP contribution in [0, 0.1) is 0 Å². The van der Waals surface area contributed by atoms with E-state index in [0.717, 1.165) is 25.2 Å². The molecule has 1 aromatic carbocycles. The minimum atomic E-state index is -0.414. The highest BCUT2D eigenvalue weighted by Crippen LogP contribution is 2.13. The number of aromatic nitrogens is 1. The number of rotatable bonds is 6. The van der Waals surface area contributed by atoms with Gasteiger partial charge >= 0.3 is 0 Å². The molecule has 2 heterocycles. The maximum Gasteiger partial charge on any atom is 0.126 e. The summed E-state index contributed by atoms with van der Waals surface area (Å²) in [5.41, 5.74) is 2.50. The van der Waals surface area contributed by atoms with E-state index in [1.165, 1.54) is 10.6 Å². The zero-order chi connectivity index (χ0) is 15.4. The first-order valence-corrected chi connectivity index (χ1v) is 8.03. The van der Waals surface area contributed by atoms with E-state index >= 15 is 0 Å². The molecule has 4 nitrogen and oxygen atoms in total. The summed E-state index contributed by atoms with van der Waals surface area (Å²) in [6.07, 6.45) is 1.73. The standard InChI is InChI=1S/C18H24N2O2/c1-15-18-8-5-9-19(18)10-11-20(15)12-17(21)14-22-13-16-6-3-2-4-7-16/h2-9,15,17,21H,10-14H2,1H3/p+1/t15-,17-/m0/s1. The highest BCUT2D eigenvalue weighted by Gasteiger charge is 2.28. The molecule has 1 unspecified atom stereocenters. The van der Waals surface area contributed by atoms with E-state index in [1.807, 2.05) is 30.3 Å². The lowest BCUT2D eigenvalue weighted by molar-refractivity contribution is -0.937. The van der Waals surface area contributed by atoms with Gasteiger partial charge in [0.15, 0.2) is 0 Å². The van der Waals surface area contributed by atoms with Crippen LogP contribution < -0.4 is 4.90 Å². The molecule has 0 saturated carbocycles. The number of aliphatic hydroxyl groups is 1. The van der Waals surface area contributed by atoms with E-state index in [4.69, 9.17) is 4.74 Å². The van der Waals surface area contributed by atoms with E-state index in [2.05, 4.69) is 29.8 Å². The van der Waals surface area contributed by atoms with Crippen LogP contribution in [0.2, 0.25) is 0 Å². The zero-order valence-corrected chi connectivity index (χ0v) is 13.1. The molecule has 0 bridgehead atoms. The number of aliphatic hydroxyl groups excluding tert-OH is 1. The summed E-state index contributed by atoms with van der Waals surface area (Å²) in [7, 11) is 0. The van der Waals surface area contributed by atoms with Crippen LogP contribution in [-0.2, 0) is 17.9 Å².